The van der Waals surface area contributed by atoms with Crippen LogP contribution in [0.25, 0.3) is 10.9 Å². The molecule has 0 aliphatic heterocycles. The van der Waals surface area contributed by atoms with Crippen molar-refractivity contribution in [2.45, 2.75) is 20.3 Å². The largest absolute Gasteiger partial charge is 0.358 e. The molecule has 0 amide bonds. The maximum absolute atomic E-state index is 5.84. The minimum atomic E-state index is 0.417. The Balaban J connectivity index is 1.85. The number of anilines is 1. The van der Waals surface area contributed by atoms with Gasteiger partial charge >= 0.3 is 0 Å². The molecule has 0 bridgehead atoms. The fourth-order valence-electron chi connectivity index (χ4n) is 2.26. The highest BCUT2D eigenvalue weighted by Gasteiger charge is 2.07. The Bertz CT molecular complexity index is 797. The predicted molar refractivity (Wildman–Crippen MR) is 83.8 cm³/mol. The lowest BCUT2D eigenvalue weighted by molar-refractivity contribution is 0.855. The van der Waals surface area contributed by atoms with E-state index >= 15 is 0 Å². The molecular weight excluding hydrogens is 266 g/mol. The van der Waals surface area contributed by atoms with Crippen molar-refractivity contribution in [3.63, 3.8) is 0 Å². The Labute approximate surface area is 121 Å². The van der Waals surface area contributed by atoms with Crippen molar-refractivity contribution >= 4 is 23.1 Å². The van der Waals surface area contributed by atoms with E-state index in [2.05, 4.69) is 31.8 Å². The quantitative estimate of drug-likeness (QED) is 0.386. The van der Waals surface area contributed by atoms with Gasteiger partial charge in [0.15, 0.2) is 5.82 Å². The molecule has 0 saturated heterocycles. The summed E-state index contributed by atoms with van der Waals surface area (Å²) < 4.78 is 1.40. The van der Waals surface area contributed by atoms with Crippen LogP contribution in [0, 0.1) is 6.92 Å². The minimum Gasteiger partial charge on any atom is -0.358 e. The van der Waals surface area contributed by atoms with Crippen LogP contribution < -0.4 is 11.3 Å². The lowest BCUT2D eigenvalue weighted by Crippen LogP contribution is -2.14. The SMILES string of the molecule is CCc1nnc(N/N=C/c2c(C)[nH]c3ccccc23)n1N. The molecule has 21 heavy (non-hydrogen) atoms. The Morgan fingerprint density at radius 3 is 2.95 bits per heavy atom. The Hall–Kier alpha value is -2.83. The summed E-state index contributed by atoms with van der Waals surface area (Å²) in [6.45, 7) is 3.98. The number of rotatable bonds is 4. The molecule has 7 nitrogen and oxygen atoms in total. The smallest absolute Gasteiger partial charge is 0.263 e. The van der Waals surface area contributed by atoms with E-state index in [-0.39, 0.29) is 0 Å². The monoisotopic (exact) mass is 283 g/mol. The van der Waals surface area contributed by atoms with Gasteiger partial charge < -0.3 is 10.8 Å². The highest BCUT2D eigenvalue weighted by Crippen LogP contribution is 2.19. The third-order valence-corrected chi connectivity index (χ3v) is 3.38. The Morgan fingerprint density at radius 2 is 2.19 bits per heavy atom. The number of nitrogens with one attached hydrogen (secondary N) is 2. The first-order valence-corrected chi connectivity index (χ1v) is 6.76. The van der Waals surface area contributed by atoms with Gasteiger partial charge in [0.05, 0.1) is 6.21 Å². The third-order valence-electron chi connectivity index (χ3n) is 3.38. The summed E-state index contributed by atoms with van der Waals surface area (Å²) in [6.07, 6.45) is 2.48. The summed E-state index contributed by atoms with van der Waals surface area (Å²) >= 11 is 0. The van der Waals surface area contributed by atoms with E-state index in [0.29, 0.717) is 11.8 Å². The first kappa shape index (κ1) is 13.2. The summed E-state index contributed by atoms with van der Waals surface area (Å²) in [5.41, 5.74) is 6.01. The number of aromatic amines is 1. The maximum atomic E-state index is 5.84. The third kappa shape index (κ3) is 2.33. The number of nitrogens with zero attached hydrogens (tertiary/aromatic N) is 4. The van der Waals surface area contributed by atoms with Gasteiger partial charge in [-0.05, 0) is 13.0 Å². The Morgan fingerprint density at radius 1 is 1.38 bits per heavy atom. The zero-order valence-corrected chi connectivity index (χ0v) is 12.0. The van der Waals surface area contributed by atoms with E-state index < -0.39 is 0 Å². The standard InChI is InChI=1S/C14H17N7/c1-3-13-18-20-14(21(13)15)19-16-8-11-9(2)17-12-7-5-4-6-10(11)12/h4-8,17H,3,15H2,1-2H3,(H,19,20)/b16-8+. The number of hydrogen-bond donors (Lipinski definition) is 3. The van der Waals surface area contributed by atoms with Crippen LogP contribution in [-0.4, -0.2) is 26.1 Å². The molecule has 3 rings (SSSR count). The van der Waals surface area contributed by atoms with Gasteiger partial charge in [-0.15, -0.1) is 10.2 Å². The van der Waals surface area contributed by atoms with Crippen LogP contribution in [0.1, 0.15) is 24.0 Å². The number of nitrogens with two attached hydrogens (primary N) is 1. The fourth-order valence-corrected chi connectivity index (χ4v) is 2.26. The van der Waals surface area contributed by atoms with E-state index in [0.717, 1.165) is 28.6 Å². The van der Waals surface area contributed by atoms with E-state index in [4.69, 9.17) is 5.84 Å². The molecule has 0 spiro atoms. The number of hydrogen-bond acceptors (Lipinski definition) is 5. The van der Waals surface area contributed by atoms with Crippen molar-refractivity contribution in [1.82, 2.24) is 19.9 Å². The van der Waals surface area contributed by atoms with E-state index in [1.54, 1.807) is 6.21 Å². The van der Waals surface area contributed by atoms with E-state index in [1.807, 2.05) is 32.0 Å². The molecule has 2 heterocycles. The average Bonchev–Trinajstić information content (AvgIpc) is 3.00. The van der Waals surface area contributed by atoms with Crippen molar-refractivity contribution < 1.29 is 0 Å². The highest BCUT2D eigenvalue weighted by atomic mass is 15.5. The summed E-state index contributed by atoms with van der Waals surface area (Å²) in [6, 6.07) is 8.10. The van der Waals surface area contributed by atoms with E-state index in [9.17, 15) is 0 Å². The molecule has 0 aliphatic rings. The van der Waals surface area contributed by atoms with Crippen LogP contribution in [0.3, 0.4) is 0 Å². The molecule has 4 N–H and O–H groups in total. The lowest BCUT2D eigenvalue weighted by Gasteiger charge is -2.00. The van der Waals surface area contributed by atoms with Gasteiger partial charge in [0.2, 0.25) is 0 Å². The molecule has 0 atom stereocenters. The van der Waals surface area contributed by atoms with Gasteiger partial charge in [-0.3, -0.25) is 0 Å². The van der Waals surface area contributed by atoms with Gasteiger partial charge in [0, 0.05) is 28.6 Å². The second-order valence-electron chi connectivity index (χ2n) is 4.74. The van der Waals surface area contributed by atoms with Crippen LogP contribution in [0.4, 0.5) is 5.95 Å². The van der Waals surface area contributed by atoms with Crippen molar-refractivity contribution in [3.8, 4) is 0 Å². The average molecular weight is 283 g/mol. The zero-order chi connectivity index (χ0) is 14.8. The molecule has 108 valence electrons. The normalized spacial score (nSPS) is 11.5. The number of fused-ring (bicyclic) bond motifs is 1. The number of benzene rings is 1. The molecule has 0 fully saturated rings. The molecule has 1 aromatic carbocycles. The van der Waals surface area contributed by atoms with Gasteiger partial charge in [-0.1, -0.05) is 25.1 Å². The first-order chi connectivity index (χ1) is 10.2. The number of H-pyrrole nitrogens is 1. The minimum absolute atomic E-state index is 0.417. The van der Waals surface area contributed by atoms with Crippen molar-refractivity contribution in [2.24, 2.45) is 5.10 Å². The second-order valence-corrected chi connectivity index (χ2v) is 4.74. The predicted octanol–water partition coefficient (Wildman–Crippen LogP) is 1.79. The molecule has 2 aromatic heterocycles. The van der Waals surface area contributed by atoms with Crippen LogP contribution in [-0.2, 0) is 6.42 Å². The molecule has 3 aromatic rings. The fraction of sp³-hybridized carbons (Fsp3) is 0.214. The molecule has 0 aliphatic carbocycles. The summed E-state index contributed by atoms with van der Waals surface area (Å²) in [4.78, 5) is 3.32. The molecule has 0 saturated carbocycles. The van der Waals surface area contributed by atoms with Gasteiger partial charge in [-0.25, -0.2) is 10.1 Å². The molecule has 0 radical (unpaired) electrons. The molecule has 7 heteroatoms. The van der Waals surface area contributed by atoms with Crippen LogP contribution in [0.2, 0.25) is 0 Å². The number of aryl methyl sites for hydroxylation is 2. The maximum Gasteiger partial charge on any atom is 0.263 e. The van der Waals surface area contributed by atoms with Crippen molar-refractivity contribution in [3.05, 3.63) is 41.3 Å². The van der Waals surface area contributed by atoms with Gasteiger partial charge in [-0.2, -0.15) is 5.10 Å². The van der Waals surface area contributed by atoms with Gasteiger partial charge in [0.25, 0.3) is 5.95 Å². The molecular formula is C14H17N7. The second kappa shape index (κ2) is 5.28. The first-order valence-electron chi connectivity index (χ1n) is 6.76. The van der Waals surface area contributed by atoms with Crippen molar-refractivity contribution in [1.29, 1.82) is 0 Å². The van der Waals surface area contributed by atoms with Crippen LogP contribution in [0.15, 0.2) is 29.4 Å². The van der Waals surface area contributed by atoms with Crippen molar-refractivity contribution in [2.75, 3.05) is 11.3 Å². The van der Waals surface area contributed by atoms with E-state index in [1.165, 1.54) is 4.68 Å². The summed E-state index contributed by atoms with van der Waals surface area (Å²) in [5, 5.41) is 13.2. The van der Waals surface area contributed by atoms with Gasteiger partial charge in [0.1, 0.15) is 0 Å². The number of hydrazone groups is 1. The van der Waals surface area contributed by atoms with Crippen LogP contribution in [0.5, 0.6) is 0 Å². The van der Waals surface area contributed by atoms with Crippen LogP contribution >= 0.6 is 0 Å². The Kier molecular flexibility index (Phi) is 3.31. The number of nitrogen functional groups attached to an aromatic ring is 1. The summed E-state index contributed by atoms with van der Waals surface area (Å²) in [7, 11) is 0. The zero-order valence-electron chi connectivity index (χ0n) is 12.0. The lowest BCUT2D eigenvalue weighted by atomic mass is 10.1. The number of aromatic nitrogens is 4. The molecule has 0 unspecified atom stereocenters. The topological polar surface area (TPSA) is 96.9 Å². The number of para-hydroxylation sites is 1. The summed E-state index contributed by atoms with van der Waals surface area (Å²) in [5.74, 6) is 6.96. The highest BCUT2D eigenvalue weighted by molar-refractivity contribution is 6.00.